The predicted octanol–water partition coefficient (Wildman–Crippen LogP) is 1.95. The molecule has 34 heavy (non-hydrogen) atoms. The van der Waals surface area contributed by atoms with E-state index in [-0.39, 0.29) is 41.0 Å². The molecule has 0 saturated heterocycles. The summed E-state index contributed by atoms with van der Waals surface area (Å²) in [6.07, 6.45) is 4.61. The van der Waals surface area contributed by atoms with E-state index >= 15 is 0 Å². The Hall–Kier alpha value is -1.17. The molecule has 10 heteroatoms. The van der Waals surface area contributed by atoms with Gasteiger partial charge in [-0.25, -0.2) is 0 Å². The van der Waals surface area contributed by atoms with Crippen molar-refractivity contribution in [3.8, 4) is 5.75 Å². The fourth-order valence-electron chi connectivity index (χ4n) is 4.40. The molecular weight excluding hydrogens is 518 g/mol. The number of hydrogen-bond acceptors (Lipinski definition) is 6. The Morgan fingerprint density at radius 3 is 2.35 bits per heavy atom. The number of hydrogen-bond donors (Lipinski definition) is 5. The number of nitrogens with two attached hydrogens (primary N) is 1. The quantitative estimate of drug-likeness (QED) is 0.184. The third-order valence-corrected chi connectivity index (χ3v) is 11.0. The summed E-state index contributed by atoms with van der Waals surface area (Å²) < 4.78 is 11.3. The van der Waals surface area contributed by atoms with Crippen molar-refractivity contribution in [1.82, 2.24) is 5.32 Å². The molecule has 1 aromatic carbocycles. The zero-order valence-electron chi connectivity index (χ0n) is 20.1. The summed E-state index contributed by atoms with van der Waals surface area (Å²) in [6.45, 7) is 3.71. The first-order valence-corrected chi connectivity index (χ1v) is 15.8. The Bertz CT molecular complexity index is 816. The van der Waals surface area contributed by atoms with Gasteiger partial charge in [-0.2, -0.15) is 0 Å². The second kappa shape index (κ2) is 14.4. The van der Waals surface area contributed by atoms with Crippen molar-refractivity contribution in [2.45, 2.75) is 81.3 Å². The van der Waals surface area contributed by atoms with Crippen LogP contribution in [0.15, 0.2) is 24.3 Å². The first-order valence-electron chi connectivity index (χ1n) is 12.1. The fraction of sp³-hybridized carbons (Fsp3) is 0.667. The summed E-state index contributed by atoms with van der Waals surface area (Å²) in [6, 6.07) is 5.91. The van der Waals surface area contributed by atoms with Gasteiger partial charge in [-0.3, -0.25) is 0 Å². The number of phenolic OH excluding ortho intramolecular Hbond substituents is 1. The zero-order valence-corrected chi connectivity index (χ0v) is 23.2. The van der Waals surface area contributed by atoms with E-state index in [4.69, 9.17) is 5.73 Å². The monoisotopic (exact) mass is 558 g/mol. The van der Waals surface area contributed by atoms with Crippen LogP contribution >= 0.6 is 8.03 Å². The summed E-state index contributed by atoms with van der Waals surface area (Å²) in [5.74, 6) is -0.0759. The van der Waals surface area contributed by atoms with Gasteiger partial charge in [0, 0.05) is 0 Å². The van der Waals surface area contributed by atoms with Gasteiger partial charge in [-0.1, -0.05) is 0 Å². The summed E-state index contributed by atoms with van der Waals surface area (Å²) in [7, 11) is -2.79. The van der Waals surface area contributed by atoms with Crippen molar-refractivity contribution in [2.24, 2.45) is 17.6 Å². The number of carbonyl (C=O) groups is 2. The molecule has 2 rings (SSSR count). The molecule has 3 unspecified atom stereocenters. The first kappa shape index (κ1) is 29.1. The molecule has 1 amide bonds. The minimum absolute atomic E-state index is 0.0197. The van der Waals surface area contributed by atoms with Crippen molar-refractivity contribution >= 4 is 34.3 Å². The Morgan fingerprint density at radius 1 is 1.18 bits per heavy atom. The topological polar surface area (TPSA) is 150 Å². The number of phenols is 1. The summed E-state index contributed by atoms with van der Waals surface area (Å²) in [4.78, 5) is 35.6. The second-order valence-electron chi connectivity index (χ2n) is 9.68. The van der Waals surface area contributed by atoms with E-state index in [0.717, 1.165) is 37.7 Å². The molecule has 1 aliphatic rings. The number of rotatable bonds is 13. The third kappa shape index (κ3) is 9.47. The van der Waals surface area contributed by atoms with Crippen LogP contribution < -0.4 is 11.1 Å². The van der Waals surface area contributed by atoms with E-state index in [1.807, 2.05) is 13.8 Å². The van der Waals surface area contributed by atoms with E-state index in [0.29, 0.717) is 6.42 Å². The first-order chi connectivity index (χ1) is 16.1. The summed E-state index contributed by atoms with van der Waals surface area (Å²) >= 11 is -1.39. The van der Waals surface area contributed by atoms with E-state index in [2.05, 4.69) is 5.32 Å². The predicted molar refractivity (Wildman–Crippen MR) is 136 cm³/mol. The van der Waals surface area contributed by atoms with E-state index in [9.17, 15) is 29.3 Å². The molecule has 0 spiro atoms. The van der Waals surface area contributed by atoms with Crippen LogP contribution in [0.1, 0.15) is 57.9 Å². The van der Waals surface area contributed by atoms with Crippen molar-refractivity contribution in [3.05, 3.63) is 29.8 Å². The van der Waals surface area contributed by atoms with Crippen LogP contribution in [0.5, 0.6) is 5.75 Å². The zero-order chi connectivity index (χ0) is 25.3. The Balaban J connectivity index is 2.00. The van der Waals surface area contributed by atoms with E-state index in [1.165, 1.54) is 12.1 Å². The van der Waals surface area contributed by atoms with Gasteiger partial charge in [0.05, 0.1) is 0 Å². The van der Waals surface area contributed by atoms with Crippen LogP contribution in [0.3, 0.4) is 0 Å². The summed E-state index contributed by atoms with van der Waals surface area (Å²) in [5.41, 5.74) is 6.41. The number of benzene rings is 1. The van der Waals surface area contributed by atoms with Crippen LogP contribution in [0.4, 0.5) is 0 Å². The Labute approximate surface area is 209 Å². The van der Waals surface area contributed by atoms with Gasteiger partial charge >= 0.3 is 210 Å². The molecule has 6 N–H and O–H groups in total. The number of aromatic hydroxyl groups is 1. The van der Waals surface area contributed by atoms with E-state index in [1.54, 1.807) is 12.1 Å². The Morgan fingerprint density at radius 2 is 1.79 bits per heavy atom. The number of aliphatic hydroxyl groups is 1. The maximum atomic E-state index is 13.0. The third-order valence-electron chi connectivity index (χ3n) is 6.60. The number of nitrogens with one attached hydrogen (secondary N) is 1. The average molecular weight is 558 g/mol. The van der Waals surface area contributed by atoms with Gasteiger partial charge in [0.25, 0.3) is 0 Å². The van der Waals surface area contributed by atoms with Crippen LogP contribution in [0, 0.1) is 11.8 Å². The number of aliphatic hydroxyl groups excluding tert-OH is 1. The van der Waals surface area contributed by atoms with Crippen molar-refractivity contribution < 1.29 is 29.3 Å². The minimum atomic E-state index is -2.79. The molecule has 1 saturated carbocycles. The molecule has 0 bridgehead atoms. The average Bonchev–Trinajstić information content (AvgIpc) is 2.81. The van der Waals surface area contributed by atoms with Crippen molar-refractivity contribution in [1.29, 1.82) is 0 Å². The normalized spacial score (nSPS) is 19.6. The van der Waals surface area contributed by atoms with Crippen LogP contribution in [-0.2, 0) is 20.6 Å². The molecule has 1 aromatic rings. The molecule has 6 atom stereocenters. The number of carbonyl (C=O) groups excluding carboxylic acids is 2. The standard InChI is InChI=1S/C24H40AsN2O6P/c1-15(2)22(26)23(30)25-20(12-16-8-10-18(28)11-9-16)24(31)27-14-19(29)13-21(34(32)33)17-6-4-3-5-7-17/h8-11,15,17,19-22,25,28-29,34H,3-7,12-14,26H2,1-2H3,(H,27,31)(H,32,33)/t19-,20+,21?,22+/m1/s1. The number of amides is 1. The van der Waals surface area contributed by atoms with Gasteiger partial charge in [0.2, 0.25) is 0 Å². The van der Waals surface area contributed by atoms with E-state index < -0.39 is 46.3 Å². The molecule has 1 fully saturated rings. The Kier molecular flexibility index (Phi) is 12.3. The van der Waals surface area contributed by atoms with Crippen LogP contribution in [-0.4, -0.2) is 65.7 Å². The van der Waals surface area contributed by atoms with Crippen molar-refractivity contribution in [2.75, 3.05) is 6.54 Å². The molecule has 0 heterocycles. The maximum absolute atomic E-state index is 13.0. The summed E-state index contributed by atoms with van der Waals surface area (Å²) in [5, 5.41) is 22.8. The van der Waals surface area contributed by atoms with Gasteiger partial charge in [0.1, 0.15) is 0 Å². The molecule has 192 valence electrons. The molecule has 0 aliphatic heterocycles. The SMILES string of the molecule is CC(C)[C@H](N)C(=O)[AsH][C@@H](Cc1ccc(O)cc1)C(=O)NC[C@H](O)CC(C1CCCCC1)[PH](=O)O. The fourth-order valence-corrected chi connectivity index (χ4v) is 8.63. The van der Waals surface area contributed by atoms with Gasteiger partial charge in [-0.15, -0.1) is 0 Å². The van der Waals surface area contributed by atoms with Gasteiger partial charge in [0.15, 0.2) is 0 Å². The molecular formula is C24H40AsN2O6P. The molecule has 1 aliphatic carbocycles. The molecule has 8 nitrogen and oxygen atoms in total. The van der Waals surface area contributed by atoms with Crippen molar-refractivity contribution in [3.63, 3.8) is 0 Å². The van der Waals surface area contributed by atoms with Gasteiger partial charge < -0.3 is 0 Å². The van der Waals surface area contributed by atoms with Crippen LogP contribution in [0.25, 0.3) is 0 Å². The van der Waals surface area contributed by atoms with Crippen LogP contribution in [0.2, 0.25) is 4.71 Å². The molecule has 0 radical (unpaired) electrons. The second-order valence-corrected chi connectivity index (χ2v) is 14.2. The van der Waals surface area contributed by atoms with Gasteiger partial charge in [-0.05, 0) is 0 Å². The molecule has 0 aromatic heterocycles.